The lowest BCUT2D eigenvalue weighted by molar-refractivity contribution is 0.0911. The first-order chi connectivity index (χ1) is 13.0. The van der Waals surface area contributed by atoms with E-state index in [1.165, 1.54) is 11.1 Å². The largest absolute Gasteiger partial charge is 0.346 e. The van der Waals surface area contributed by atoms with Crippen molar-refractivity contribution in [2.45, 2.75) is 54.0 Å². The molecule has 1 heterocycles. The van der Waals surface area contributed by atoms with Crippen LogP contribution in [0, 0.1) is 27.7 Å². The predicted octanol–water partition coefficient (Wildman–Crippen LogP) is 5.30. The van der Waals surface area contributed by atoms with E-state index in [4.69, 9.17) is 5.10 Å². The number of nitrogens with one attached hydrogen (secondary N) is 1. The van der Waals surface area contributed by atoms with Crippen molar-refractivity contribution in [1.82, 2.24) is 15.1 Å². The molecule has 0 saturated heterocycles. The molecule has 0 bridgehead atoms. The number of benzene rings is 2. The van der Waals surface area contributed by atoms with Crippen LogP contribution in [0.4, 0.5) is 0 Å². The first-order valence-electron chi connectivity index (χ1n) is 9.63. The second-order valence-corrected chi connectivity index (χ2v) is 8.62. The Labute approximate surface area is 167 Å². The fraction of sp³-hybridized carbons (Fsp3) is 0.333. The van der Waals surface area contributed by atoms with Gasteiger partial charge in [-0.3, -0.25) is 4.79 Å². The van der Waals surface area contributed by atoms with E-state index in [1.54, 1.807) is 4.68 Å². The molecule has 0 spiro atoms. The summed E-state index contributed by atoms with van der Waals surface area (Å²) in [5.74, 6) is -0.129. The normalized spacial score (nSPS) is 11.5. The molecule has 0 fully saturated rings. The minimum Gasteiger partial charge on any atom is -0.346 e. The number of hydrogen-bond acceptors (Lipinski definition) is 2. The smallest absolute Gasteiger partial charge is 0.270 e. The number of nitrogens with zero attached hydrogens (tertiary/aromatic N) is 2. The van der Waals surface area contributed by atoms with Crippen molar-refractivity contribution in [2.24, 2.45) is 0 Å². The summed E-state index contributed by atoms with van der Waals surface area (Å²) < 4.78 is 1.77. The van der Waals surface area contributed by atoms with Crippen LogP contribution in [0.15, 0.2) is 42.5 Å². The van der Waals surface area contributed by atoms with Gasteiger partial charge in [0.1, 0.15) is 5.69 Å². The topological polar surface area (TPSA) is 46.9 Å². The third kappa shape index (κ3) is 4.16. The van der Waals surface area contributed by atoms with Crippen molar-refractivity contribution < 1.29 is 4.79 Å². The van der Waals surface area contributed by atoms with E-state index in [9.17, 15) is 4.79 Å². The van der Waals surface area contributed by atoms with Gasteiger partial charge in [0.25, 0.3) is 5.91 Å². The molecule has 0 unspecified atom stereocenters. The maximum Gasteiger partial charge on any atom is 0.270 e. The highest BCUT2D eigenvalue weighted by atomic mass is 16.2. The first-order valence-corrected chi connectivity index (χ1v) is 9.63. The van der Waals surface area contributed by atoms with Crippen LogP contribution in [0.5, 0.6) is 0 Å². The Morgan fingerprint density at radius 1 is 0.893 bits per heavy atom. The molecule has 3 aromatic rings. The molecule has 0 aliphatic heterocycles. The number of aryl methyl sites for hydroxylation is 4. The van der Waals surface area contributed by atoms with Crippen LogP contribution in [-0.4, -0.2) is 21.2 Å². The zero-order chi connectivity index (χ0) is 20.6. The van der Waals surface area contributed by atoms with Gasteiger partial charge in [-0.05, 0) is 88.9 Å². The van der Waals surface area contributed by atoms with E-state index in [-0.39, 0.29) is 11.4 Å². The summed E-state index contributed by atoms with van der Waals surface area (Å²) in [5.41, 5.74) is 7.60. The lowest BCUT2D eigenvalue weighted by Crippen LogP contribution is -2.41. The summed E-state index contributed by atoms with van der Waals surface area (Å²) in [6.45, 7) is 14.2. The minimum absolute atomic E-state index is 0.129. The molecule has 0 aliphatic rings. The number of carbonyl (C=O) groups excluding carboxylic acids is 1. The SMILES string of the molecule is Cc1ccc(C)c(-n2nc(-c3ccc(C)c(C)c3)cc2C(=O)NC(C)(C)C)c1. The van der Waals surface area contributed by atoms with E-state index in [0.29, 0.717) is 5.69 Å². The van der Waals surface area contributed by atoms with E-state index in [1.807, 2.05) is 40.7 Å². The number of amides is 1. The Balaban J connectivity index is 2.18. The zero-order valence-corrected chi connectivity index (χ0v) is 17.8. The molecule has 0 atom stereocenters. The van der Waals surface area contributed by atoms with Crippen molar-refractivity contribution in [1.29, 1.82) is 0 Å². The standard InChI is InChI=1S/C24H29N3O/c1-15-8-9-17(3)21(12-15)27-22(23(28)25-24(5,6)7)14-20(26-27)19-11-10-16(2)18(4)13-19/h8-14H,1-7H3,(H,25,28). The zero-order valence-electron chi connectivity index (χ0n) is 17.8. The Morgan fingerprint density at radius 3 is 2.21 bits per heavy atom. The fourth-order valence-corrected chi connectivity index (χ4v) is 3.12. The maximum absolute atomic E-state index is 13.0. The highest BCUT2D eigenvalue weighted by Crippen LogP contribution is 2.26. The molecule has 146 valence electrons. The van der Waals surface area contributed by atoms with Gasteiger partial charge < -0.3 is 5.32 Å². The Kier molecular flexibility index (Phi) is 5.16. The van der Waals surface area contributed by atoms with Crippen molar-refractivity contribution in [3.05, 3.63) is 70.4 Å². The molecule has 1 N–H and O–H groups in total. The molecule has 0 radical (unpaired) electrons. The number of carbonyl (C=O) groups is 1. The highest BCUT2D eigenvalue weighted by molar-refractivity contribution is 5.95. The third-order valence-corrected chi connectivity index (χ3v) is 4.83. The lowest BCUT2D eigenvalue weighted by atomic mass is 10.0. The van der Waals surface area contributed by atoms with Crippen LogP contribution in [-0.2, 0) is 0 Å². The maximum atomic E-state index is 13.0. The number of aromatic nitrogens is 2. The van der Waals surface area contributed by atoms with Crippen molar-refractivity contribution in [3.8, 4) is 16.9 Å². The molecule has 1 aromatic heterocycles. The van der Waals surface area contributed by atoms with Gasteiger partial charge in [0.2, 0.25) is 0 Å². The molecular formula is C24H29N3O. The van der Waals surface area contributed by atoms with Crippen molar-refractivity contribution in [3.63, 3.8) is 0 Å². The van der Waals surface area contributed by atoms with Gasteiger partial charge in [0.05, 0.1) is 11.4 Å². The van der Waals surface area contributed by atoms with Crippen molar-refractivity contribution >= 4 is 5.91 Å². The van der Waals surface area contributed by atoms with Gasteiger partial charge in [-0.1, -0.05) is 24.3 Å². The van der Waals surface area contributed by atoms with Gasteiger partial charge in [-0.2, -0.15) is 5.10 Å². The molecule has 3 rings (SSSR count). The molecular weight excluding hydrogens is 346 g/mol. The van der Waals surface area contributed by atoms with Gasteiger partial charge in [-0.15, -0.1) is 0 Å². The summed E-state index contributed by atoms with van der Waals surface area (Å²) >= 11 is 0. The quantitative estimate of drug-likeness (QED) is 0.675. The monoisotopic (exact) mass is 375 g/mol. The fourth-order valence-electron chi connectivity index (χ4n) is 3.12. The first kappa shape index (κ1) is 19.9. The molecule has 28 heavy (non-hydrogen) atoms. The van der Waals surface area contributed by atoms with E-state index < -0.39 is 0 Å². The summed E-state index contributed by atoms with van der Waals surface area (Å²) in [4.78, 5) is 13.0. The van der Waals surface area contributed by atoms with Crippen LogP contribution in [0.1, 0.15) is 53.5 Å². The van der Waals surface area contributed by atoms with E-state index in [0.717, 1.165) is 28.1 Å². The molecule has 4 heteroatoms. The molecule has 2 aromatic carbocycles. The van der Waals surface area contributed by atoms with Crippen LogP contribution in [0.25, 0.3) is 16.9 Å². The van der Waals surface area contributed by atoms with Crippen LogP contribution in [0.3, 0.4) is 0 Å². The molecule has 0 aliphatic carbocycles. The molecule has 4 nitrogen and oxygen atoms in total. The summed E-state index contributed by atoms with van der Waals surface area (Å²) in [6, 6.07) is 14.4. The second-order valence-electron chi connectivity index (χ2n) is 8.62. The minimum atomic E-state index is -0.325. The Bertz CT molecular complexity index is 1040. The van der Waals surface area contributed by atoms with Gasteiger partial charge >= 0.3 is 0 Å². The van der Waals surface area contributed by atoms with Crippen LogP contribution >= 0.6 is 0 Å². The van der Waals surface area contributed by atoms with Gasteiger partial charge in [0.15, 0.2) is 0 Å². The third-order valence-electron chi connectivity index (χ3n) is 4.83. The molecule has 1 amide bonds. The van der Waals surface area contributed by atoms with Gasteiger partial charge in [-0.25, -0.2) is 4.68 Å². The lowest BCUT2D eigenvalue weighted by Gasteiger charge is -2.21. The molecule has 0 saturated carbocycles. The number of hydrogen-bond donors (Lipinski definition) is 1. The van der Waals surface area contributed by atoms with Crippen LogP contribution in [0.2, 0.25) is 0 Å². The van der Waals surface area contributed by atoms with E-state index >= 15 is 0 Å². The average Bonchev–Trinajstić information content (AvgIpc) is 3.03. The summed E-state index contributed by atoms with van der Waals surface area (Å²) in [5, 5.41) is 7.90. The van der Waals surface area contributed by atoms with Crippen LogP contribution < -0.4 is 5.32 Å². The van der Waals surface area contributed by atoms with Gasteiger partial charge in [0, 0.05) is 11.1 Å². The second kappa shape index (κ2) is 7.27. The summed E-state index contributed by atoms with van der Waals surface area (Å²) in [7, 11) is 0. The summed E-state index contributed by atoms with van der Waals surface area (Å²) in [6.07, 6.45) is 0. The average molecular weight is 376 g/mol. The Morgan fingerprint density at radius 2 is 1.57 bits per heavy atom. The number of rotatable bonds is 3. The van der Waals surface area contributed by atoms with Crippen molar-refractivity contribution in [2.75, 3.05) is 0 Å². The highest BCUT2D eigenvalue weighted by Gasteiger charge is 2.22. The predicted molar refractivity (Wildman–Crippen MR) is 115 cm³/mol. The van der Waals surface area contributed by atoms with E-state index in [2.05, 4.69) is 55.6 Å². The Hall–Kier alpha value is -2.88.